The molecule has 0 atom stereocenters. The molecule has 15 heavy (non-hydrogen) atoms. The first-order valence-corrected chi connectivity index (χ1v) is 9.85. The highest BCUT2D eigenvalue weighted by atomic mass is 28.3. The van der Waals surface area contributed by atoms with Crippen molar-refractivity contribution in [2.45, 2.75) is 58.2 Å². The van der Waals surface area contributed by atoms with E-state index in [4.69, 9.17) is 0 Å². The highest BCUT2D eigenvalue weighted by Crippen LogP contribution is 2.11. The molecule has 0 aromatic rings. The lowest BCUT2D eigenvalue weighted by Crippen LogP contribution is -2.15. The van der Waals surface area contributed by atoms with E-state index in [0.717, 1.165) is 6.54 Å². The minimum Gasteiger partial charge on any atom is -0.294 e. The molecule has 0 fully saturated rings. The monoisotopic (exact) mass is 223 g/mol. The summed E-state index contributed by atoms with van der Waals surface area (Å²) < 4.78 is 0. The highest BCUT2D eigenvalue weighted by molar-refractivity contribution is 6.80. The maximum atomic E-state index is 4.50. The average molecular weight is 223 g/mol. The third-order valence-electron chi connectivity index (χ3n) is 2.66. The quantitative estimate of drug-likeness (QED) is 0.472. The number of hydrogen-bond donors (Lipinski definition) is 0. The molecule has 1 heterocycles. The van der Waals surface area contributed by atoms with Gasteiger partial charge in [0, 0.05) is 12.3 Å². The summed E-state index contributed by atoms with van der Waals surface area (Å²) >= 11 is 0. The number of unbranched alkanes of at least 4 members (excludes halogenated alkanes) is 2. The van der Waals surface area contributed by atoms with Gasteiger partial charge in [0.2, 0.25) is 0 Å². The summed E-state index contributed by atoms with van der Waals surface area (Å²) in [6, 6.07) is 0. The van der Waals surface area contributed by atoms with Gasteiger partial charge in [-0.2, -0.15) is 0 Å². The standard InChI is InChI=1S/C13H25NSi/c1-15(2,3)12-7-5-4-6-9-13-10-8-11-14-13/h7,12H,4-6,8-11H2,1-3H3/b12-7+. The van der Waals surface area contributed by atoms with E-state index in [1.807, 2.05) is 0 Å². The van der Waals surface area contributed by atoms with Crippen LogP contribution in [0, 0.1) is 0 Å². The van der Waals surface area contributed by atoms with Gasteiger partial charge in [0.1, 0.15) is 0 Å². The average Bonchev–Trinajstić information content (AvgIpc) is 2.61. The Bertz CT molecular complexity index is 235. The number of nitrogens with zero attached hydrogens (tertiary/aromatic N) is 1. The van der Waals surface area contributed by atoms with Gasteiger partial charge in [0.05, 0.1) is 8.07 Å². The lowest BCUT2D eigenvalue weighted by Gasteiger charge is -2.07. The summed E-state index contributed by atoms with van der Waals surface area (Å²) in [7, 11) is -0.947. The van der Waals surface area contributed by atoms with E-state index < -0.39 is 8.07 Å². The molecule has 86 valence electrons. The van der Waals surface area contributed by atoms with Gasteiger partial charge >= 0.3 is 0 Å². The second-order valence-electron chi connectivity index (χ2n) is 5.57. The summed E-state index contributed by atoms with van der Waals surface area (Å²) in [5.74, 6) is 0. The topological polar surface area (TPSA) is 12.4 Å². The van der Waals surface area contributed by atoms with E-state index in [1.165, 1.54) is 44.2 Å². The lowest BCUT2D eigenvalue weighted by molar-refractivity contribution is 0.773. The SMILES string of the molecule is C[Si](C)(C)/C=C/CCCCC1=NCCC1. The largest absolute Gasteiger partial charge is 0.294 e. The summed E-state index contributed by atoms with van der Waals surface area (Å²) in [6.07, 6.45) is 10.1. The van der Waals surface area contributed by atoms with E-state index in [1.54, 1.807) is 0 Å². The van der Waals surface area contributed by atoms with Gasteiger partial charge in [-0.05, 0) is 38.5 Å². The number of allylic oxidation sites excluding steroid dienone is 1. The zero-order valence-electron chi connectivity index (χ0n) is 10.6. The molecule has 0 radical (unpaired) electrons. The first kappa shape index (κ1) is 12.7. The summed E-state index contributed by atoms with van der Waals surface area (Å²) in [6.45, 7) is 8.25. The van der Waals surface area contributed by atoms with Crippen LogP contribution in [0.25, 0.3) is 0 Å². The fourth-order valence-electron chi connectivity index (χ4n) is 1.83. The molecular formula is C13H25NSi. The van der Waals surface area contributed by atoms with E-state index in [-0.39, 0.29) is 0 Å². The number of aliphatic imine (C=N–C) groups is 1. The molecule has 0 N–H and O–H groups in total. The van der Waals surface area contributed by atoms with Gasteiger partial charge in [-0.25, -0.2) is 0 Å². The molecule has 1 aliphatic rings. The van der Waals surface area contributed by atoms with Crippen LogP contribution in [-0.4, -0.2) is 20.3 Å². The van der Waals surface area contributed by atoms with E-state index >= 15 is 0 Å². The number of rotatable bonds is 6. The first-order valence-electron chi connectivity index (χ1n) is 6.28. The van der Waals surface area contributed by atoms with Gasteiger partial charge in [0.15, 0.2) is 0 Å². The molecular weight excluding hydrogens is 198 g/mol. The molecule has 0 unspecified atom stereocenters. The van der Waals surface area contributed by atoms with Crippen molar-refractivity contribution < 1.29 is 0 Å². The van der Waals surface area contributed by atoms with Crippen LogP contribution >= 0.6 is 0 Å². The molecule has 0 aromatic heterocycles. The van der Waals surface area contributed by atoms with Crippen molar-refractivity contribution in [3.63, 3.8) is 0 Å². The second kappa shape index (κ2) is 6.26. The van der Waals surface area contributed by atoms with Crippen LogP contribution in [0.1, 0.15) is 38.5 Å². The highest BCUT2D eigenvalue weighted by Gasteiger charge is 2.06. The van der Waals surface area contributed by atoms with E-state index in [9.17, 15) is 0 Å². The van der Waals surface area contributed by atoms with Crippen LogP contribution in [-0.2, 0) is 0 Å². The van der Waals surface area contributed by atoms with Crippen LogP contribution < -0.4 is 0 Å². The Morgan fingerprint density at radius 3 is 2.67 bits per heavy atom. The van der Waals surface area contributed by atoms with Crippen LogP contribution in [0.5, 0.6) is 0 Å². The van der Waals surface area contributed by atoms with Crippen molar-refractivity contribution in [1.29, 1.82) is 0 Å². The molecule has 1 nitrogen and oxygen atoms in total. The zero-order valence-corrected chi connectivity index (χ0v) is 11.6. The molecule has 1 rings (SSSR count). The van der Waals surface area contributed by atoms with Gasteiger partial charge in [-0.3, -0.25) is 4.99 Å². The normalized spacial score (nSPS) is 17.4. The molecule has 1 aliphatic heterocycles. The molecule has 0 amide bonds. The van der Waals surface area contributed by atoms with Crippen molar-refractivity contribution in [2.24, 2.45) is 4.99 Å². The van der Waals surface area contributed by atoms with Crippen molar-refractivity contribution in [3.8, 4) is 0 Å². The Kier molecular flexibility index (Phi) is 5.30. The molecule has 0 aromatic carbocycles. The zero-order chi connectivity index (χ0) is 11.1. The smallest absolute Gasteiger partial charge is 0.0682 e. The Hall–Kier alpha value is -0.373. The van der Waals surface area contributed by atoms with Gasteiger partial charge in [-0.15, -0.1) is 0 Å². The third kappa shape index (κ3) is 6.66. The van der Waals surface area contributed by atoms with Gasteiger partial charge in [-0.1, -0.05) is 31.4 Å². The lowest BCUT2D eigenvalue weighted by atomic mass is 10.1. The van der Waals surface area contributed by atoms with Crippen LogP contribution in [0.4, 0.5) is 0 Å². The van der Waals surface area contributed by atoms with Crippen molar-refractivity contribution in [3.05, 3.63) is 11.8 Å². The summed E-state index contributed by atoms with van der Waals surface area (Å²) in [4.78, 5) is 4.50. The molecule has 0 saturated carbocycles. The third-order valence-corrected chi connectivity index (χ3v) is 3.90. The maximum Gasteiger partial charge on any atom is 0.0682 e. The Balaban J connectivity index is 2.00. The fourth-order valence-corrected chi connectivity index (χ4v) is 2.71. The molecule has 0 spiro atoms. The molecule has 0 bridgehead atoms. The van der Waals surface area contributed by atoms with E-state index in [2.05, 4.69) is 36.4 Å². The second-order valence-corrected chi connectivity index (χ2v) is 10.6. The van der Waals surface area contributed by atoms with Crippen LogP contribution in [0.3, 0.4) is 0 Å². The molecule has 0 saturated heterocycles. The molecule has 0 aliphatic carbocycles. The fraction of sp³-hybridized carbons (Fsp3) is 0.769. The number of hydrogen-bond acceptors (Lipinski definition) is 1. The van der Waals surface area contributed by atoms with Crippen LogP contribution in [0.2, 0.25) is 19.6 Å². The summed E-state index contributed by atoms with van der Waals surface area (Å²) in [5, 5.41) is 0. The minimum atomic E-state index is -0.947. The Morgan fingerprint density at radius 1 is 1.27 bits per heavy atom. The van der Waals surface area contributed by atoms with Gasteiger partial charge < -0.3 is 0 Å². The minimum absolute atomic E-state index is 0.947. The van der Waals surface area contributed by atoms with Crippen LogP contribution in [0.15, 0.2) is 16.8 Å². The van der Waals surface area contributed by atoms with Gasteiger partial charge in [0.25, 0.3) is 0 Å². The maximum absolute atomic E-state index is 4.50. The summed E-state index contributed by atoms with van der Waals surface area (Å²) in [5.41, 5.74) is 3.93. The van der Waals surface area contributed by atoms with E-state index in [0.29, 0.717) is 0 Å². The predicted octanol–water partition coefficient (Wildman–Crippen LogP) is 4.22. The Morgan fingerprint density at radius 2 is 2.07 bits per heavy atom. The Labute approximate surface area is 95.7 Å². The first-order chi connectivity index (χ1) is 7.08. The molecule has 2 heteroatoms. The van der Waals surface area contributed by atoms with Crippen molar-refractivity contribution in [1.82, 2.24) is 0 Å². The van der Waals surface area contributed by atoms with Crippen molar-refractivity contribution >= 4 is 13.8 Å². The van der Waals surface area contributed by atoms with Crippen molar-refractivity contribution in [2.75, 3.05) is 6.54 Å². The predicted molar refractivity (Wildman–Crippen MR) is 72.5 cm³/mol.